The van der Waals surface area contributed by atoms with Crippen LogP contribution in [0.15, 0.2) is 23.3 Å². The van der Waals surface area contributed by atoms with Gasteiger partial charge in [0.05, 0.1) is 7.11 Å². The van der Waals surface area contributed by atoms with Crippen LogP contribution in [0.3, 0.4) is 0 Å². The zero-order valence-electron chi connectivity index (χ0n) is 9.66. The Bertz CT molecular complexity index is 372. The van der Waals surface area contributed by atoms with Gasteiger partial charge in [0.25, 0.3) is 0 Å². The predicted octanol–water partition coefficient (Wildman–Crippen LogP) is 0.324. The number of guanidine groups is 1. The first kappa shape index (κ1) is 12.2. The molecule has 88 valence electrons. The summed E-state index contributed by atoms with van der Waals surface area (Å²) in [6, 6.07) is 6.09. The number of nitrogens with two attached hydrogens (primary N) is 2. The van der Waals surface area contributed by atoms with Crippen molar-refractivity contribution in [3.8, 4) is 5.75 Å². The smallest absolute Gasteiger partial charge is 0.208 e. The molecule has 0 aliphatic rings. The van der Waals surface area contributed by atoms with E-state index in [4.69, 9.17) is 16.2 Å². The van der Waals surface area contributed by atoms with E-state index in [0.717, 1.165) is 17.7 Å². The van der Waals surface area contributed by atoms with Crippen molar-refractivity contribution in [2.75, 3.05) is 13.7 Å². The number of hydrogen-bond acceptors (Lipinski definition) is 3. The van der Waals surface area contributed by atoms with Crippen molar-refractivity contribution in [2.24, 2.45) is 16.6 Å². The van der Waals surface area contributed by atoms with Gasteiger partial charge in [-0.15, -0.1) is 5.10 Å². The molecule has 1 aromatic carbocycles. The number of benzene rings is 1. The Balaban J connectivity index is 2.49. The molecular weight excluding hydrogens is 204 g/mol. The quantitative estimate of drug-likeness (QED) is 0.290. The van der Waals surface area contributed by atoms with E-state index >= 15 is 0 Å². The Hall–Kier alpha value is -1.91. The zero-order chi connectivity index (χ0) is 12.0. The highest BCUT2D eigenvalue weighted by Gasteiger charge is 1.99. The van der Waals surface area contributed by atoms with E-state index in [1.165, 1.54) is 5.56 Å². The fraction of sp³-hybridized carbons (Fsp3) is 0.364. The first-order chi connectivity index (χ1) is 7.63. The molecule has 0 unspecified atom stereocenters. The Kier molecular flexibility index (Phi) is 4.44. The largest absolute Gasteiger partial charge is 0.496 e. The van der Waals surface area contributed by atoms with E-state index in [2.05, 4.69) is 16.6 Å². The van der Waals surface area contributed by atoms with Crippen LogP contribution in [-0.4, -0.2) is 19.6 Å². The highest BCUT2D eigenvalue weighted by atomic mass is 16.5. The lowest BCUT2D eigenvalue weighted by molar-refractivity contribution is 0.411. The van der Waals surface area contributed by atoms with Gasteiger partial charge >= 0.3 is 0 Å². The molecule has 0 heterocycles. The van der Waals surface area contributed by atoms with Crippen LogP contribution in [0, 0.1) is 6.92 Å². The summed E-state index contributed by atoms with van der Waals surface area (Å²) in [6.07, 6.45) is 0.863. The Morgan fingerprint density at radius 1 is 1.44 bits per heavy atom. The van der Waals surface area contributed by atoms with Gasteiger partial charge in [-0.05, 0) is 30.5 Å². The standard InChI is InChI=1S/C11H18N4O/c1-8-7-9(3-4-10(8)16-2)5-6-14-15-11(12)13/h3-4,7,14H,5-6H2,1-2H3,(H4,12,13,15). The fourth-order valence-electron chi connectivity index (χ4n) is 1.44. The maximum absolute atomic E-state index is 5.19. The van der Waals surface area contributed by atoms with E-state index in [-0.39, 0.29) is 5.96 Å². The lowest BCUT2D eigenvalue weighted by Gasteiger charge is -2.07. The second kappa shape index (κ2) is 5.85. The Morgan fingerprint density at radius 3 is 2.75 bits per heavy atom. The van der Waals surface area contributed by atoms with Crippen LogP contribution < -0.4 is 21.6 Å². The number of nitrogens with one attached hydrogen (secondary N) is 1. The molecule has 1 aromatic rings. The average Bonchev–Trinajstić information content (AvgIpc) is 2.24. The molecule has 5 heteroatoms. The van der Waals surface area contributed by atoms with E-state index in [1.807, 2.05) is 19.1 Å². The Labute approximate surface area is 95.5 Å². The van der Waals surface area contributed by atoms with Crippen molar-refractivity contribution in [1.29, 1.82) is 0 Å². The summed E-state index contributed by atoms with van der Waals surface area (Å²) < 4.78 is 5.19. The normalized spacial score (nSPS) is 9.62. The van der Waals surface area contributed by atoms with Crippen LogP contribution >= 0.6 is 0 Å². The van der Waals surface area contributed by atoms with E-state index in [1.54, 1.807) is 7.11 Å². The molecule has 0 aromatic heterocycles. The summed E-state index contributed by atoms with van der Waals surface area (Å²) in [5.41, 5.74) is 15.5. The van der Waals surface area contributed by atoms with Crippen molar-refractivity contribution in [2.45, 2.75) is 13.3 Å². The van der Waals surface area contributed by atoms with Crippen LogP contribution in [0.2, 0.25) is 0 Å². The van der Waals surface area contributed by atoms with Crippen LogP contribution in [0.1, 0.15) is 11.1 Å². The van der Waals surface area contributed by atoms with Crippen LogP contribution in [0.25, 0.3) is 0 Å². The first-order valence-corrected chi connectivity index (χ1v) is 5.08. The summed E-state index contributed by atoms with van der Waals surface area (Å²) in [5, 5.41) is 3.69. The van der Waals surface area contributed by atoms with Crippen molar-refractivity contribution in [1.82, 2.24) is 5.43 Å². The molecule has 1 rings (SSSR count). The zero-order valence-corrected chi connectivity index (χ0v) is 9.66. The number of nitrogens with zero attached hydrogens (tertiary/aromatic N) is 1. The van der Waals surface area contributed by atoms with Crippen LogP contribution in [0.5, 0.6) is 5.75 Å². The second-order valence-electron chi connectivity index (χ2n) is 3.50. The molecule has 5 N–H and O–H groups in total. The van der Waals surface area contributed by atoms with Gasteiger partial charge in [0.15, 0.2) is 0 Å². The van der Waals surface area contributed by atoms with Crippen molar-refractivity contribution in [3.63, 3.8) is 0 Å². The van der Waals surface area contributed by atoms with Gasteiger partial charge in [0.1, 0.15) is 5.75 Å². The SMILES string of the molecule is COc1ccc(CCNN=C(N)N)cc1C. The number of hydrazone groups is 1. The van der Waals surface area contributed by atoms with Gasteiger partial charge < -0.3 is 21.6 Å². The molecular formula is C11H18N4O. The lowest BCUT2D eigenvalue weighted by atomic mass is 10.1. The van der Waals surface area contributed by atoms with Crippen LogP contribution in [0.4, 0.5) is 0 Å². The minimum atomic E-state index is 0.0471. The maximum Gasteiger partial charge on any atom is 0.208 e. The summed E-state index contributed by atoms with van der Waals surface area (Å²) >= 11 is 0. The van der Waals surface area contributed by atoms with Crippen molar-refractivity contribution in [3.05, 3.63) is 29.3 Å². The topological polar surface area (TPSA) is 85.7 Å². The van der Waals surface area contributed by atoms with Gasteiger partial charge in [0, 0.05) is 6.54 Å². The molecule has 0 bridgehead atoms. The van der Waals surface area contributed by atoms with E-state index in [0.29, 0.717) is 6.54 Å². The van der Waals surface area contributed by atoms with E-state index < -0.39 is 0 Å². The van der Waals surface area contributed by atoms with Gasteiger partial charge in [0.2, 0.25) is 5.96 Å². The van der Waals surface area contributed by atoms with Gasteiger partial charge in [-0.1, -0.05) is 12.1 Å². The highest BCUT2D eigenvalue weighted by Crippen LogP contribution is 2.18. The third-order valence-corrected chi connectivity index (χ3v) is 2.19. The minimum absolute atomic E-state index is 0.0471. The van der Waals surface area contributed by atoms with Gasteiger partial charge in [-0.25, -0.2) is 0 Å². The molecule has 0 spiro atoms. The minimum Gasteiger partial charge on any atom is -0.496 e. The monoisotopic (exact) mass is 222 g/mol. The van der Waals surface area contributed by atoms with Gasteiger partial charge in [-0.3, -0.25) is 0 Å². The van der Waals surface area contributed by atoms with Crippen LogP contribution in [-0.2, 0) is 6.42 Å². The second-order valence-corrected chi connectivity index (χ2v) is 3.50. The summed E-state index contributed by atoms with van der Waals surface area (Å²) in [5.74, 6) is 0.951. The third kappa shape index (κ3) is 3.68. The molecule has 0 amide bonds. The fourth-order valence-corrected chi connectivity index (χ4v) is 1.44. The molecule has 5 nitrogen and oxygen atoms in total. The Morgan fingerprint density at radius 2 is 2.19 bits per heavy atom. The molecule has 0 saturated heterocycles. The first-order valence-electron chi connectivity index (χ1n) is 5.08. The predicted molar refractivity (Wildman–Crippen MR) is 65.2 cm³/mol. The molecule has 0 aliphatic carbocycles. The number of rotatable bonds is 5. The van der Waals surface area contributed by atoms with Crippen molar-refractivity contribution >= 4 is 5.96 Å². The molecule has 0 radical (unpaired) electrons. The lowest BCUT2D eigenvalue weighted by Crippen LogP contribution is -2.27. The number of methoxy groups -OCH3 is 1. The number of aryl methyl sites for hydroxylation is 1. The molecule has 0 fully saturated rings. The highest BCUT2D eigenvalue weighted by molar-refractivity contribution is 5.75. The molecule has 16 heavy (non-hydrogen) atoms. The molecule has 0 saturated carbocycles. The summed E-state index contributed by atoms with van der Waals surface area (Å²) in [6.45, 7) is 2.72. The number of ether oxygens (including phenoxy) is 1. The third-order valence-electron chi connectivity index (χ3n) is 2.19. The maximum atomic E-state index is 5.19. The summed E-state index contributed by atoms with van der Waals surface area (Å²) in [4.78, 5) is 0. The molecule has 0 atom stereocenters. The van der Waals surface area contributed by atoms with Gasteiger partial charge in [-0.2, -0.15) is 0 Å². The summed E-state index contributed by atoms with van der Waals surface area (Å²) in [7, 11) is 1.67. The van der Waals surface area contributed by atoms with E-state index in [9.17, 15) is 0 Å². The van der Waals surface area contributed by atoms with Crippen molar-refractivity contribution < 1.29 is 4.74 Å². The number of hydrogen-bond donors (Lipinski definition) is 3. The average molecular weight is 222 g/mol. The molecule has 0 aliphatic heterocycles.